The van der Waals surface area contributed by atoms with Crippen LogP contribution in [-0.4, -0.2) is 47.4 Å². The smallest absolute Gasteiger partial charge is 0.335 e. The molecule has 0 fully saturated rings. The maximum Gasteiger partial charge on any atom is 0.335 e. The molecule has 3 aromatic carbocycles. The summed E-state index contributed by atoms with van der Waals surface area (Å²) in [7, 11) is 0. The minimum Gasteiger partial charge on any atom is -0.478 e. The number of hydrazine groups is 1. The number of benzene rings is 3. The highest BCUT2D eigenvalue weighted by atomic mass is 35.5. The van der Waals surface area contributed by atoms with Crippen LogP contribution in [0.1, 0.15) is 39.5 Å². The van der Waals surface area contributed by atoms with Crippen molar-refractivity contribution in [2.45, 2.75) is 18.9 Å². The number of hydrogen-bond donors (Lipinski definition) is 5. The summed E-state index contributed by atoms with van der Waals surface area (Å²) in [6, 6.07) is 14.6. The zero-order valence-electron chi connectivity index (χ0n) is 23.0. The van der Waals surface area contributed by atoms with Crippen LogP contribution in [0.15, 0.2) is 78.6 Å². The van der Waals surface area contributed by atoms with Crippen molar-refractivity contribution in [2.24, 2.45) is 11.6 Å². The monoisotopic (exact) mass is 604 g/mol. The summed E-state index contributed by atoms with van der Waals surface area (Å²) >= 11 is 5.87. The average molecular weight is 605 g/mol. The van der Waals surface area contributed by atoms with Crippen molar-refractivity contribution in [1.82, 2.24) is 10.2 Å². The quantitative estimate of drug-likeness (QED) is 0.155. The summed E-state index contributed by atoms with van der Waals surface area (Å²) in [5.41, 5.74) is 10.0. The molecule has 2 aliphatic heterocycles. The molecule has 3 aromatic rings. The van der Waals surface area contributed by atoms with Gasteiger partial charge in [-0.3, -0.25) is 14.6 Å². The summed E-state index contributed by atoms with van der Waals surface area (Å²) in [4.78, 5) is 40.3. The molecule has 0 bridgehead atoms. The van der Waals surface area contributed by atoms with Crippen molar-refractivity contribution in [1.29, 1.82) is 0 Å². The predicted molar refractivity (Wildman–Crippen MR) is 162 cm³/mol. The number of nitrogens with one attached hydrogen (secondary N) is 2. The second-order valence-corrected chi connectivity index (χ2v) is 10.6. The highest BCUT2D eigenvalue weighted by Crippen LogP contribution is 2.37. The Hall–Kier alpha value is -4.71. The Labute approximate surface area is 252 Å². The lowest BCUT2D eigenvalue weighted by Gasteiger charge is -2.37. The number of rotatable bonds is 7. The third kappa shape index (κ3) is 6.24. The highest BCUT2D eigenvalue weighted by Gasteiger charge is 2.38. The number of halogens is 2. The van der Waals surface area contributed by atoms with Crippen LogP contribution < -0.4 is 27.2 Å². The first-order valence-corrected chi connectivity index (χ1v) is 14.0. The molecule has 12 heteroatoms. The molecule has 2 aliphatic rings. The molecule has 1 atom stereocenters. The number of carboxylic acids is 1. The topological polar surface area (TPSA) is 154 Å². The van der Waals surface area contributed by atoms with E-state index in [1.807, 2.05) is 18.2 Å². The molecule has 2 heterocycles. The number of nitrogens with zero attached hydrogens (tertiary/aromatic N) is 2. The molecule has 7 N–H and O–H groups in total. The van der Waals surface area contributed by atoms with Gasteiger partial charge in [0.2, 0.25) is 0 Å². The Morgan fingerprint density at radius 1 is 1.09 bits per heavy atom. The summed E-state index contributed by atoms with van der Waals surface area (Å²) in [5.74, 6) is 2.97. The standard InChI is InChI=1S/C31H30ClFN6O4/c32-24-5-2-6-26(27(24)33)39(35)17-25(34)30(41)38-16-13-22-21(18-11-14-36-15-12-18)3-1-4-23(22)28(38)29(40)37-20-9-7-19(8-10-20)31(42)43/h1-11,17,28,36H,12-16,34-35H2,(H,37,40)(H,42,43)/b25-17-. The van der Waals surface area contributed by atoms with Gasteiger partial charge in [-0.05, 0) is 78.0 Å². The number of nitrogens with two attached hydrogens (primary N) is 2. The molecule has 0 spiro atoms. The van der Waals surface area contributed by atoms with Gasteiger partial charge in [0.15, 0.2) is 5.82 Å². The number of carbonyl (C=O) groups is 3. The molecule has 10 nitrogen and oxygen atoms in total. The number of carboxylic acid groups (broad SMARTS) is 1. The van der Waals surface area contributed by atoms with Crippen LogP contribution in [0.4, 0.5) is 15.8 Å². The maximum absolute atomic E-state index is 14.5. The third-order valence-electron chi connectivity index (χ3n) is 7.47. The number of carbonyl (C=O) groups excluding carboxylic acids is 2. The number of anilines is 2. The lowest BCUT2D eigenvalue weighted by atomic mass is 9.84. The number of aromatic carboxylic acids is 1. The van der Waals surface area contributed by atoms with Gasteiger partial charge in [-0.2, -0.15) is 0 Å². The summed E-state index contributed by atoms with van der Waals surface area (Å²) in [5, 5.41) is 16.1. The number of hydrogen-bond acceptors (Lipinski definition) is 7. The summed E-state index contributed by atoms with van der Waals surface area (Å²) < 4.78 is 14.5. The summed E-state index contributed by atoms with van der Waals surface area (Å²) in [6.45, 7) is 1.75. The number of fused-ring (bicyclic) bond motifs is 1. The average Bonchev–Trinajstić information content (AvgIpc) is 3.01. The second kappa shape index (κ2) is 12.7. The van der Waals surface area contributed by atoms with E-state index in [0.717, 1.165) is 41.8 Å². The maximum atomic E-state index is 14.5. The first-order valence-electron chi connectivity index (χ1n) is 13.6. The van der Waals surface area contributed by atoms with Gasteiger partial charge in [0.05, 0.1) is 22.5 Å². The van der Waals surface area contributed by atoms with Crippen LogP contribution in [-0.2, 0) is 16.0 Å². The van der Waals surface area contributed by atoms with Crippen molar-refractivity contribution in [3.05, 3.63) is 112 Å². The van der Waals surface area contributed by atoms with E-state index in [9.17, 15) is 23.9 Å². The van der Waals surface area contributed by atoms with Gasteiger partial charge in [0.1, 0.15) is 11.7 Å². The minimum absolute atomic E-state index is 0.0677. The SMILES string of the molecule is N/C(=C\N(N)c1cccc(Cl)c1F)C(=O)N1CCc2c(C3=CCNCC3)cccc2C1C(=O)Nc1ccc(C(=O)O)cc1. The molecule has 5 rings (SSSR count). The lowest BCUT2D eigenvalue weighted by molar-refractivity contribution is -0.136. The zero-order chi connectivity index (χ0) is 30.7. The largest absolute Gasteiger partial charge is 0.478 e. The Morgan fingerprint density at radius 3 is 2.53 bits per heavy atom. The first-order chi connectivity index (χ1) is 20.7. The third-order valence-corrected chi connectivity index (χ3v) is 7.77. The van der Waals surface area contributed by atoms with E-state index in [0.29, 0.717) is 17.7 Å². The Morgan fingerprint density at radius 2 is 1.84 bits per heavy atom. The lowest BCUT2D eigenvalue weighted by Crippen LogP contribution is -2.47. The van der Waals surface area contributed by atoms with E-state index in [1.165, 1.54) is 52.9 Å². The van der Waals surface area contributed by atoms with Crippen LogP contribution in [0, 0.1) is 5.82 Å². The molecule has 0 aromatic heterocycles. The van der Waals surface area contributed by atoms with Gasteiger partial charge in [0, 0.05) is 18.8 Å². The molecule has 222 valence electrons. The fourth-order valence-electron chi connectivity index (χ4n) is 5.38. The van der Waals surface area contributed by atoms with Gasteiger partial charge in [-0.25, -0.2) is 15.0 Å². The molecule has 0 saturated heterocycles. The first kappa shape index (κ1) is 29.8. The van der Waals surface area contributed by atoms with Gasteiger partial charge in [0.25, 0.3) is 11.8 Å². The van der Waals surface area contributed by atoms with E-state index >= 15 is 0 Å². The fraction of sp³-hybridized carbons (Fsp3) is 0.194. The number of amides is 2. The summed E-state index contributed by atoms with van der Waals surface area (Å²) in [6.07, 6.45) is 4.51. The zero-order valence-corrected chi connectivity index (χ0v) is 23.8. The molecular formula is C31H30ClFN6O4. The Bertz CT molecular complexity index is 1640. The van der Waals surface area contributed by atoms with E-state index < -0.39 is 29.6 Å². The van der Waals surface area contributed by atoms with Crippen LogP contribution in [0.3, 0.4) is 0 Å². The van der Waals surface area contributed by atoms with E-state index in [4.69, 9.17) is 23.2 Å². The van der Waals surface area contributed by atoms with E-state index in [-0.39, 0.29) is 28.5 Å². The Balaban J connectivity index is 1.50. The normalized spacial score (nSPS) is 16.6. The fourth-order valence-corrected chi connectivity index (χ4v) is 5.55. The second-order valence-electron chi connectivity index (χ2n) is 10.1. The minimum atomic E-state index is -1.09. The van der Waals surface area contributed by atoms with Crippen LogP contribution in [0.2, 0.25) is 5.02 Å². The molecule has 43 heavy (non-hydrogen) atoms. The molecule has 0 radical (unpaired) electrons. The van der Waals surface area contributed by atoms with Crippen molar-refractivity contribution in [2.75, 3.05) is 30.0 Å². The van der Waals surface area contributed by atoms with Crippen LogP contribution in [0.5, 0.6) is 0 Å². The van der Waals surface area contributed by atoms with Crippen molar-refractivity contribution >= 4 is 46.3 Å². The van der Waals surface area contributed by atoms with Gasteiger partial charge < -0.3 is 26.4 Å². The molecule has 0 saturated carbocycles. The predicted octanol–water partition coefficient (Wildman–Crippen LogP) is 3.80. The van der Waals surface area contributed by atoms with Crippen molar-refractivity contribution < 1.29 is 23.9 Å². The van der Waals surface area contributed by atoms with Crippen LogP contribution in [0.25, 0.3) is 5.57 Å². The van der Waals surface area contributed by atoms with E-state index in [1.54, 1.807) is 0 Å². The van der Waals surface area contributed by atoms with Gasteiger partial charge in [-0.1, -0.05) is 41.9 Å². The van der Waals surface area contributed by atoms with Crippen LogP contribution >= 0.6 is 11.6 Å². The van der Waals surface area contributed by atoms with Crippen molar-refractivity contribution in [3.8, 4) is 0 Å². The van der Waals surface area contributed by atoms with E-state index in [2.05, 4.69) is 16.7 Å². The van der Waals surface area contributed by atoms with Gasteiger partial charge >= 0.3 is 5.97 Å². The highest BCUT2D eigenvalue weighted by molar-refractivity contribution is 6.31. The molecule has 2 amide bonds. The van der Waals surface area contributed by atoms with Crippen molar-refractivity contribution in [3.63, 3.8) is 0 Å². The van der Waals surface area contributed by atoms with Gasteiger partial charge in [-0.15, -0.1) is 0 Å². The molecule has 1 unspecified atom stereocenters. The Kier molecular flexibility index (Phi) is 8.76. The molecule has 0 aliphatic carbocycles. The molecular weight excluding hydrogens is 575 g/mol.